The Morgan fingerprint density at radius 2 is 2.10 bits per heavy atom. The molecule has 0 fully saturated rings. The summed E-state index contributed by atoms with van der Waals surface area (Å²) in [6, 6.07) is 3.81. The summed E-state index contributed by atoms with van der Waals surface area (Å²) < 4.78 is 5.19. The van der Waals surface area contributed by atoms with Crippen LogP contribution in [0.1, 0.15) is 12.5 Å². The second-order valence-electron chi connectivity index (χ2n) is 4.18. The standard InChI is InChI=1S/C13H13BrClNO5/c1-7(17)21-6-12(18)16-11(13(19)20)5-8-4-9(15)2-3-10(8)14/h2-4,11H,5-6H2,1H3,(H,16,18)(H,19,20)/t11-/m1/s1. The van der Waals surface area contributed by atoms with E-state index in [0.717, 1.165) is 6.92 Å². The average Bonchev–Trinajstić information content (AvgIpc) is 2.39. The van der Waals surface area contributed by atoms with Crippen LogP contribution in [-0.4, -0.2) is 35.6 Å². The largest absolute Gasteiger partial charge is 0.480 e. The Kier molecular flexibility index (Phi) is 6.64. The Labute approximate surface area is 134 Å². The zero-order valence-corrected chi connectivity index (χ0v) is 13.4. The second kappa shape index (κ2) is 7.99. The third-order valence-corrected chi connectivity index (χ3v) is 3.48. The first-order valence-electron chi connectivity index (χ1n) is 5.89. The highest BCUT2D eigenvalue weighted by atomic mass is 79.9. The van der Waals surface area contributed by atoms with Crippen molar-refractivity contribution in [2.45, 2.75) is 19.4 Å². The molecule has 2 N–H and O–H groups in total. The third-order valence-electron chi connectivity index (χ3n) is 2.47. The molecule has 0 bridgehead atoms. The predicted octanol–water partition coefficient (Wildman–Crippen LogP) is 1.78. The van der Waals surface area contributed by atoms with Crippen molar-refractivity contribution in [3.05, 3.63) is 33.3 Å². The van der Waals surface area contributed by atoms with E-state index in [9.17, 15) is 14.4 Å². The second-order valence-corrected chi connectivity index (χ2v) is 5.47. The number of amides is 1. The highest BCUT2D eigenvalue weighted by Gasteiger charge is 2.22. The molecule has 0 saturated heterocycles. The van der Waals surface area contributed by atoms with Crippen LogP contribution in [0.5, 0.6) is 0 Å². The molecule has 1 atom stereocenters. The number of hydrogen-bond acceptors (Lipinski definition) is 4. The maximum absolute atomic E-state index is 11.5. The summed E-state index contributed by atoms with van der Waals surface area (Å²) in [6.45, 7) is 0.640. The summed E-state index contributed by atoms with van der Waals surface area (Å²) in [5.74, 6) is -2.50. The van der Waals surface area contributed by atoms with Crippen LogP contribution in [0.4, 0.5) is 0 Å². The van der Waals surface area contributed by atoms with Crippen molar-refractivity contribution in [1.82, 2.24) is 5.32 Å². The van der Waals surface area contributed by atoms with Crippen LogP contribution >= 0.6 is 27.5 Å². The Bertz CT molecular complexity index is 563. The molecule has 8 heteroatoms. The van der Waals surface area contributed by atoms with Crippen LogP contribution in [0, 0.1) is 0 Å². The van der Waals surface area contributed by atoms with Gasteiger partial charge in [0.1, 0.15) is 6.04 Å². The summed E-state index contributed by atoms with van der Waals surface area (Å²) in [6.07, 6.45) is 0.0439. The van der Waals surface area contributed by atoms with Gasteiger partial charge in [-0.3, -0.25) is 9.59 Å². The van der Waals surface area contributed by atoms with Gasteiger partial charge in [-0.25, -0.2) is 4.79 Å². The third kappa shape index (κ3) is 6.14. The summed E-state index contributed by atoms with van der Waals surface area (Å²) in [5.41, 5.74) is 0.641. The number of esters is 1. The van der Waals surface area contributed by atoms with Crippen LogP contribution in [0.3, 0.4) is 0 Å². The number of carboxylic acid groups (broad SMARTS) is 1. The number of carbonyl (C=O) groups excluding carboxylic acids is 2. The van der Waals surface area contributed by atoms with Gasteiger partial charge in [-0.1, -0.05) is 27.5 Å². The van der Waals surface area contributed by atoms with Gasteiger partial charge in [0.15, 0.2) is 6.61 Å². The number of halogens is 2. The lowest BCUT2D eigenvalue weighted by Crippen LogP contribution is -2.44. The Balaban J connectivity index is 2.74. The molecule has 0 aliphatic rings. The van der Waals surface area contributed by atoms with Gasteiger partial charge in [-0.05, 0) is 23.8 Å². The van der Waals surface area contributed by atoms with Crippen molar-refractivity contribution < 1.29 is 24.2 Å². The van der Waals surface area contributed by atoms with E-state index in [0.29, 0.717) is 15.1 Å². The molecule has 0 heterocycles. The molecule has 0 saturated carbocycles. The van der Waals surface area contributed by atoms with Crippen molar-refractivity contribution in [2.24, 2.45) is 0 Å². The lowest BCUT2D eigenvalue weighted by molar-refractivity contribution is -0.148. The quantitative estimate of drug-likeness (QED) is 0.736. The molecule has 0 spiro atoms. The van der Waals surface area contributed by atoms with Crippen molar-refractivity contribution in [2.75, 3.05) is 6.61 Å². The normalized spacial score (nSPS) is 11.6. The van der Waals surface area contributed by atoms with Crippen molar-refractivity contribution >= 4 is 45.4 Å². The molecule has 6 nitrogen and oxygen atoms in total. The minimum atomic E-state index is -1.20. The lowest BCUT2D eigenvalue weighted by atomic mass is 10.1. The molecule has 0 aromatic heterocycles. The molecule has 0 aliphatic heterocycles. The SMILES string of the molecule is CC(=O)OCC(=O)N[C@H](Cc1cc(Cl)ccc1Br)C(=O)O. The molecule has 0 unspecified atom stereocenters. The topological polar surface area (TPSA) is 92.7 Å². The van der Waals surface area contributed by atoms with Crippen LogP contribution in [0.15, 0.2) is 22.7 Å². The van der Waals surface area contributed by atoms with Gasteiger partial charge in [-0.2, -0.15) is 0 Å². The number of aliphatic carboxylic acids is 1. The Morgan fingerprint density at radius 3 is 2.67 bits per heavy atom. The minimum absolute atomic E-state index is 0.0439. The van der Waals surface area contributed by atoms with Gasteiger partial charge in [0.25, 0.3) is 5.91 Å². The number of carbonyl (C=O) groups is 3. The summed E-state index contributed by atoms with van der Waals surface area (Å²) >= 11 is 9.15. The average molecular weight is 379 g/mol. The fourth-order valence-electron chi connectivity index (χ4n) is 1.52. The zero-order chi connectivity index (χ0) is 16.0. The highest BCUT2D eigenvalue weighted by Crippen LogP contribution is 2.22. The van der Waals surface area contributed by atoms with Crippen LogP contribution in [-0.2, 0) is 25.5 Å². The van der Waals surface area contributed by atoms with E-state index in [-0.39, 0.29) is 6.42 Å². The Hall–Kier alpha value is -1.60. The maximum atomic E-state index is 11.5. The van der Waals surface area contributed by atoms with Crippen molar-refractivity contribution in [1.29, 1.82) is 0 Å². The van der Waals surface area contributed by atoms with E-state index in [1.165, 1.54) is 0 Å². The monoisotopic (exact) mass is 377 g/mol. The van der Waals surface area contributed by atoms with Crippen molar-refractivity contribution in [3.63, 3.8) is 0 Å². The molecule has 0 radical (unpaired) electrons. The predicted molar refractivity (Wildman–Crippen MR) is 79.1 cm³/mol. The first-order valence-corrected chi connectivity index (χ1v) is 7.06. The molecular weight excluding hydrogens is 366 g/mol. The number of carboxylic acids is 1. The van der Waals surface area contributed by atoms with Gasteiger partial charge in [0.2, 0.25) is 0 Å². The van der Waals surface area contributed by atoms with Gasteiger partial charge in [0.05, 0.1) is 0 Å². The van der Waals surface area contributed by atoms with Crippen molar-refractivity contribution in [3.8, 4) is 0 Å². The zero-order valence-electron chi connectivity index (χ0n) is 11.1. The number of nitrogens with one attached hydrogen (secondary N) is 1. The summed E-state index contributed by atoms with van der Waals surface area (Å²) in [7, 11) is 0. The first-order chi connectivity index (χ1) is 9.79. The number of ether oxygens (including phenoxy) is 1. The van der Waals surface area contributed by atoms with Gasteiger partial charge >= 0.3 is 11.9 Å². The van der Waals surface area contributed by atoms with Crippen LogP contribution in [0.2, 0.25) is 5.02 Å². The fourth-order valence-corrected chi connectivity index (χ4v) is 2.13. The number of benzene rings is 1. The summed E-state index contributed by atoms with van der Waals surface area (Å²) in [4.78, 5) is 33.3. The Morgan fingerprint density at radius 1 is 1.43 bits per heavy atom. The first kappa shape index (κ1) is 17.5. The smallest absolute Gasteiger partial charge is 0.326 e. The highest BCUT2D eigenvalue weighted by molar-refractivity contribution is 9.10. The molecule has 21 heavy (non-hydrogen) atoms. The molecule has 0 aliphatic carbocycles. The molecular formula is C13H13BrClNO5. The van der Waals surface area contributed by atoms with E-state index in [1.54, 1.807) is 18.2 Å². The lowest BCUT2D eigenvalue weighted by Gasteiger charge is -2.15. The van der Waals surface area contributed by atoms with Gasteiger partial charge in [0, 0.05) is 22.8 Å². The van der Waals surface area contributed by atoms with E-state index < -0.39 is 30.5 Å². The number of rotatable bonds is 6. The van der Waals surface area contributed by atoms with E-state index >= 15 is 0 Å². The molecule has 1 aromatic rings. The van der Waals surface area contributed by atoms with Crippen LogP contribution < -0.4 is 5.32 Å². The van der Waals surface area contributed by atoms with E-state index in [4.69, 9.17) is 16.7 Å². The minimum Gasteiger partial charge on any atom is -0.480 e. The van der Waals surface area contributed by atoms with E-state index in [1.807, 2.05) is 0 Å². The van der Waals surface area contributed by atoms with Crippen LogP contribution in [0.25, 0.3) is 0 Å². The molecule has 1 aromatic carbocycles. The number of hydrogen-bond donors (Lipinski definition) is 2. The van der Waals surface area contributed by atoms with Gasteiger partial charge < -0.3 is 15.2 Å². The molecule has 114 valence electrons. The molecule has 1 amide bonds. The molecule has 1 rings (SSSR count). The summed E-state index contributed by atoms with van der Waals surface area (Å²) in [5, 5.41) is 11.9. The van der Waals surface area contributed by atoms with Gasteiger partial charge in [-0.15, -0.1) is 0 Å². The fraction of sp³-hybridized carbons (Fsp3) is 0.308. The van der Waals surface area contributed by atoms with E-state index in [2.05, 4.69) is 26.0 Å². The maximum Gasteiger partial charge on any atom is 0.326 e.